The third-order valence-electron chi connectivity index (χ3n) is 3.41. The van der Waals surface area contributed by atoms with Crippen LogP contribution < -0.4 is 0 Å². The molecule has 1 fully saturated rings. The second-order valence-electron chi connectivity index (χ2n) is 4.89. The SMILES string of the molecule is Cc1nc(C)c(C(O)CCN2CCCCC2)s1. The Morgan fingerprint density at radius 2 is 2.00 bits per heavy atom. The standard InChI is InChI=1S/C13H22N2OS/c1-10-13(17-11(2)14-10)12(16)6-9-15-7-4-3-5-8-15/h12,16H,3-9H2,1-2H3. The van der Waals surface area contributed by atoms with E-state index in [4.69, 9.17) is 0 Å². The number of thiazole rings is 1. The number of aliphatic hydroxyl groups is 1. The van der Waals surface area contributed by atoms with Crippen molar-refractivity contribution in [1.82, 2.24) is 9.88 Å². The van der Waals surface area contributed by atoms with Crippen LogP contribution in [0, 0.1) is 13.8 Å². The molecule has 0 aliphatic carbocycles. The molecule has 1 unspecified atom stereocenters. The molecule has 4 heteroatoms. The molecule has 96 valence electrons. The fourth-order valence-electron chi connectivity index (χ4n) is 2.48. The van der Waals surface area contributed by atoms with Crippen LogP contribution in [0.1, 0.15) is 47.4 Å². The molecule has 1 aliphatic rings. The first-order valence-electron chi connectivity index (χ1n) is 6.51. The molecule has 1 aromatic rings. The molecule has 2 heterocycles. The lowest BCUT2D eigenvalue weighted by molar-refractivity contribution is 0.136. The fourth-order valence-corrected chi connectivity index (χ4v) is 3.42. The lowest BCUT2D eigenvalue weighted by atomic mass is 10.1. The maximum Gasteiger partial charge on any atom is 0.0913 e. The van der Waals surface area contributed by atoms with E-state index in [1.807, 2.05) is 13.8 Å². The van der Waals surface area contributed by atoms with Crippen LogP contribution in [-0.4, -0.2) is 34.6 Å². The second-order valence-corrected chi connectivity index (χ2v) is 6.12. The van der Waals surface area contributed by atoms with E-state index in [0.29, 0.717) is 0 Å². The molecule has 0 aromatic carbocycles. The lowest BCUT2D eigenvalue weighted by Gasteiger charge is -2.27. The molecule has 0 saturated carbocycles. The van der Waals surface area contributed by atoms with Gasteiger partial charge in [0, 0.05) is 6.54 Å². The van der Waals surface area contributed by atoms with E-state index in [9.17, 15) is 5.11 Å². The number of aryl methyl sites for hydroxylation is 2. The van der Waals surface area contributed by atoms with Gasteiger partial charge in [0.2, 0.25) is 0 Å². The van der Waals surface area contributed by atoms with Gasteiger partial charge in [0.1, 0.15) is 0 Å². The Kier molecular flexibility index (Phi) is 4.54. The highest BCUT2D eigenvalue weighted by Gasteiger charge is 2.17. The van der Waals surface area contributed by atoms with Crippen molar-refractivity contribution in [2.75, 3.05) is 19.6 Å². The summed E-state index contributed by atoms with van der Waals surface area (Å²) in [6.45, 7) is 7.40. The van der Waals surface area contributed by atoms with Gasteiger partial charge in [0.05, 0.1) is 21.7 Å². The summed E-state index contributed by atoms with van der Waals surface area (Å²) >= 11 is 1.63. The third-order valence-corrected chi connectivity index (χ3v) is 4.58. The summed E-state index contributed by atoms with van der Waals surface area (Å²) in [5, 5.41) is 11.2. The normalized spacial score (nSPS) is 19.5. The molecule has 1 aliphatic heterocycles. The van der Waals surface area contributed by atoms with E-state index in [1.54, 1.807) is 11.3 Å². The van der Waals surface area contributed by atoms with Crippen molar-refractivity contribution in [3.63, 3.8) is 0 Å². The Hall–Kier alpha value is -0.450. The van der Waals surface area contributed by atoms with Crippen LogP contribution in [0.25, 0.3) is 0 Å². The van der Waals surface area contributed by atoms with Gasteiger partial charge in [-0.2, -0.15) is 0 Å². The van der Waals surface area contributed by atoms with Gasteiger partial charge in [-0.15, -0.1) is 11.3 Å². The Morgan fingerprint density at radius 3 is 2.59 bits per heavy atom. The maximum atomic E-state index is 10.2. The molecule has 0 bridgehead atoms. The summed E-state index contributed by atoms with van der Waals surface area (Å²) in [4.78, 5) is 7.90. The first-order valence-corrected chi connectivity index (χ1v) is 7.33. The fraction of sp³-hybridized carbons (Fsp3) is 0.769. The minimum absolute atomic E-state index is 0.330. The van der Waals surface area contributed by atoms with Crippen LogP contribution >= 0.6 is 11.3 Å². The first-order chi connectivity index (χ1) is 8.16. The average Bonchev–Trinajstić information content (AvgIpc) is 2.67. The number of rotatable bonds is 4. The van der Waals surface area contributed by atoms with Crippen LogP contribution in [0.4, 0.5) is 0 Å². The van der Waals surface area contributed by atoms with E-state index >= 15 is 0 Å². The summed E-state index contributed by atoms with van der Waals surface area (Å²) in [7, 11) is 0. The molecule has 17 heavy (non-hydrogen) atoms. The van der Waals surface area contributed by atoms with Crippen molar-refractivity contribution in [1.29, 1.82) is 0 Å². The van der Waals surface area contributed by atoms with Gasteiger partial charge in [-0.25, -0.2) is 4.98 Å². The van der Waals surface area contributed by atoms with Gasteiger partial charge in [0.15, 0.2) is 0 Å². The smallest absolute Gasteiger partial charge is 0.0913 e. The summed E-state index contributed by atoms with van der Waals surface area (Å²) < 4.78 is 0. The molecule has 1 N–H and O–H groups in total. The van der Waals surface area contributed by atoms with Crippen molar-refractivity contribution in [3.8, 4) is 0 Å². The Labute approximate surface area is 107 Å². The van der Waals surface area contributed by atoms with Gasteiger partial charge in [-0.05, 0) is 46.2 Å². The number of hydrogen-bond donors (Lipinski definition) is 1. The second kappa shape index (κ2) is 5.94. The Morgan fingerprint density at radius 1 is 1.29 bits per heavy atom. The van der Waals surface area contributed by atoms with Crippen LogP contribution in [0.15, 0.2) is 0 Å². The molecule has 1 atom stereocenters. The van der Waals surface area contributed by atoms with Gasteiger partial charge >= 0.3 is 0 Å². The van der Waals surface area contributed by atoms with E-state index in [0.717, 1.165) is 28.5 Å². The number of nitrogens with zero attached hydrogens (tertiary/aromatic N) is 2. The maximum absolute atomic E-state index is 10.2. The van der Waals surface area contributed by atoms with Crippen LogP contribution in [0.3, 0.4) is 0 Å². The van der Waals surface area contributed by atoms with Crippen LogP contribution in [-0.2, 0) is 0 Å². The number of piperidine rings is 1. The van der Waals surface area contributed by atoms with Crippen LogP contribution in [0.5, 0.6) is 0 Å². The van der Waals surface area contributed by atoms with E-state index < -0.39 is 0 Å². The van der Waals surface area contributed by atoms with Crippen LogP contribution in [0.2, 0.25) is 0 Å². The number of hydrogen-bond acceptors (Lipinski definition) is 4. The molecule has 1 saturated heterocycles. The third kappa shape index (κ3) is 3.50. The van der Waals surface area contributed by atoms with Gasteiger partial charge in [0.25, 0.3) is 0 Å². The molecule has 0 amide bonds. The minimum atomic E-state index is -0.330. The van der Waals surface area contributed by atoms with Crippen molar-refractivity contribution in [3.05, 3.63) is 15.6 Å². The molecular weight excluding hydrogens is 232 g/mol. The molecule has 3 nitrogen and oxygen atoms in total. The average molecular weight is 254 g/mol. The zero-order valence-corrected chi connectivity index (χ0v) is 11.6. The predicted octanol–water partition coefficient (Wildman–Crippen LogP) is 2.67. The number of aromatic nitrogens is 1. The minimum Gasteiger partial charge on any atom is -0.387 e. The molecular formula is C13H22N2OS. The topological polar surface area (TPSA) is 36.4 Å². The van der Waals surface area contributed by atoms with Crippen molar-refractivity contribution < 1.29 is 5.11 Å². The first kappa shape index (κ1) is 13.0. The van der Waals surface area contributed by atoms with Crippen molar-refractivity contribution in [2.45, 2.75) is 45.6 Å². The highest BCUT2D eigenvalue weighted by molar-refractivity contribution is 7.11. The largest absolute Gasteiger partial charge is 0.387 e. The molecule has 2 rings (SSSR count). The van der Waals surface area contributed by atoms with Crippen molar-refractivity contribution in [2.24, 2.45) is 0 Å². The summed E-state index contributed by atoms with van der Waals surface area (Å²) in [6, 6.07) is 0. The molecule has 0 radical (unpaired) electrons. The van der Waals surface area contributed by atoms with Crippen molar-refractivity contribution >= 4 is 11.3 Å². The summed E-state index contributed by atoms with van der Waals surface area (Å²) in [5.41, 5.74) is 0.999. The van der Waals surface area contributed by atoms with E-state index in [-0.39, 0.29) is 6.10 Å². The van der Waals surface area contributed by atoms with E-state index in [2.05, 4.69) is 9.88 Å². The lowest BCUT2D eigenvalue weighted by Crippen LogP contribution is -2.31. The Balaban J connectivity index is 1.84. The summed E-state index contributed by atoms with van der Waals surface area (Å²) in [5.74, 6) is 0. The number of aliphatic hydroxyl groups excluding tert-OH is 1. The zero-order valence-electron chi connectivity index (χ0n) is 10.8. The quantitative estimate of drug-likeness (QED) is 0.897. The monoisotopic (exact) mass is 254 g/mol. The van der Waals surface area contributed by atoms with Gasteiger partial charge in [-0.3, -0.25) is 0 Å². The number of likely N-dealkylation sites (tertiary alicyclic amines) is 1. The molecule has 1 aromatic heterocycles. The summed E-state index contributed by atoms with van der Waals surface area (Å²) in [6.07, 6.45) is 4.50. The highest BCUT2D eigenvalue weighted by atomic mass is 32.1. The highest BCUT2D eigenvalue weighted by Crippen LogP contribution is 2.27. The van der Waals surface area contributed by atoms with Gasteiger partial charge < -0.3 is 10.0 Å². The Bertz CT molecular complexity index is 358. The zero-order chi connectivity index (χ0) is 12.3. The van der Waals surface area contributed by atoms with E-state index in [1.165, 1.54) is 32.4 Å². The van der Waals surface area contributed by atoms with Gasteiger partial charge in [-0.1, -0.05) is 6.42 Å². The predicted molar refractivity (Wildman–Crippen MR) is 71.5 cm³/mol. The molecule has 0 spiro atoms.